The van der Waals surface area contributed by atoms with E-state index in [0.29, 0.717) is 11.1 Å². The number of rotatable bonds is 6. The Balaban J connectivity index is 0.000000164. The summed E-state index contributed by atoms with van der Waals surface area (Å²) in [6.07, 6.45) is 14.4. The van der Waals surface area contributed by atoms with Crippen LogP contribution >= 0.6 is 15.8 Å². The Morgan fingerprint density at radius 3 is 0.951 bits per heavy atom. The van der Waals surface area contributed by atoms with E-state index in [1.165, 1.54) is 21.2 Å². The number of hydrogen-bond acceptors (Lipinski definition) is 2. The van der Waals surface area contributed by atoms with Crippen LogP contribution in [-0.4, -0.2) is 4.90 Å². The van der Waals surface area contributed by atoms with Crippen LogP contribution in [0, 0.1) is 24.7 Å². The predicted octanol–water partition coefficient (Wildman–Crippen LogP) is 12.5. The van der Waals surface area contributed by atoms with Crippen LogP contribution in [-0.2, 0) is 44.8 Å². The average Bonchev–Trinajstić information content (AvgIpc) is 3.87. The van der Waals surface area contributed by atoms with Crippen molar-refractivity contribution >= 4 is 80.9 Å². The molecule has 0 N–H and O–H groups in total. The molecule has 0 saturated carbocycles. The number of benzene rings is 8. The van der Waals surface area contributed by atoms with E-state index in [-0.39, 0.29) is 49.7 Å². The van der Waals surface area contributed by atoms with E-state index < -0.39 is 15.8 Å². The van der Waals surface area contributed by atoms with Gasteiger partial charge in [-0.2, -0.15) is 0 Å². The second-order valence-corrected chi connectivity index (χ2v) is 21.5. The molecule has 2 aromatic heterocycles. The van der Waals surface area contributed by atoms with Gasteiger partial charge in [0.25, 0.3) is 0 Å². The summed E-state index contributed by atoms with van der Waals surface area (Å²) in [7, 11) is -2.05. The molecule has 0 aliphatic heterocycles. The predicted molar refractivity (Wildman–Crippen MR) is 255 cm³/mol. The van der Waals surface area contributed by atoms with Gasteiger partial charge in [-0.25, -0.2) is 0 Å². The minimum atomic E-state index is -1.02. The molecule has 0 radical (unpaired) electrons. The van der Waals surface area contributed by atoms with Gasteiger partial charge in [0.05, 0.1) is 11.2 Å². The Morgan fingerprint density at radius 2 is 0.639 bits per heavy atom. The Morgan fingerprint density at radius 1 is 0.361 bits per heavy atom. The quantitative estimate of drug-likeness (QED) is 0.0718. The van der Waals surface area contributed by atoms with E-state index in [9.17, 15) is 0 Å². The second kappa shape index (κ2) is 21.1. The van der Waals surface area contributed by atoms with Gasteiger partial charge in [-0.05, 0) is 60.7 Å². The second-order valence-electron chi connectivity index (χ2n) is 14.7. The first-order valence-electron chi connectivity index (χ1n) is 19.6. The van der Waals surface area contributed by atoms with Crippen LogP contribution < -0.4 is 21.2 Å². The number of furan rings is 2. The van der Waals surface area contributed by atoms with Crippen molar-refractivity contribution in [2.45, 2.75) is 18.7 Å². The van der Waals surface area contributed by atoms with Gasteiger partial charge in [0.1, 0.15) is 48.2 Å². The summed E-state index contributed by atoms with van der Waals surface area (Å²) >= 11 is 0. The van der Waals surface area contributed by atoms with Gasteiger partial charge in [-0.3, -0.25) is 11.8 Å². The zero-order valence-electron chi connectivity index (χ0n) is 33.5. The smallest absolute Gasteiger partial charge is 0.474 e. The fourth-order valence-electron chi connectivity index (χ4n) is 8.01. The summed E-state index contributed by atoms with van der Waals surface area (Å²) in [5.74, 6) is 4.77. The third kappa shape index (κ3) is 9.82. The van der Waals surface area contributed by atoms with Crippen molar-refractivity contribution in [1.29, 1.82) is 0 Å². The molecule has 61 heavy (non-hydrogen) atoms. The molecule has 0 aliphatic rings. The van der Waals surface area contributed by atoms with Crippen molar-refractivity contribution in [3.8, 4) is 11.8 Å². The minimum Gasteiger partial charge on any atom is -0.474 e. The normalized spacial score (nSPS) is 10.8. The zero-order chi connectivity index (χ0) is 40.6. The molecule has 0 aliphatic carbocycles. The molecule has 10 rings (SSSR count). The summed E-state index contributed by atoms with van der Waals surface area (Å²) in [6, 6.07) is 72.0. The van der Waals surface area contributed by atoms with E-state index in [4.69, 9.17) is 21.7 Å². The van der Waals surface area contributed by atoms with E-state index >= 15 is 0 Å². The first-order valence-corrected chi connectivity index (χ1v) is 22.6. The Bertz CT molecular complexity index is 2770. The molecule has 0 atom stereocenters. The Hall–Kier alpha value is -5.18. The summed E-state index contributed by atoms with van der Waals surface area (Å²) in [6.45, 7) is 5.02. The first kappa shape index (κ1) is 45.4. The van der Waals surface area contributed by atoms with E-state index in [2.05, 4.69) is 147 Å². The summed E-state index contributed by atoms with van der Waals surface area (Å²) in [5, 5.41) is 10.2. The van der Waals surface area contributed by atoms with Crippen LogP contribution in [0.15, 0.2) is 215 Å². The van der Waals surface area contributed by atoms with Crippen molar-refractivity contribution in [2.24, 2.45) is 0 Å². The molecule has 6 heteroatoms. The summed E-state index contributed by atoms with van der Waals surface area (Å²) in [4.78, 5) is 0.154. The average molecular weight is 1190 g/mol. The number of para-hydroxylation sites is 4. The Kier molecular flexibility index (Phi) is 15.7. The molecule has 10 aromatic rings. The largest absolute Gasteiger partial charge is 1.00 e. The van der Waals surface area contributed by atoms with Gasteiger partial charge >= 0.3 is 44.8 Å². The van der Waals surface area contributed by atoms with Crippen LogP contribution in [0.1, 0.15) is 25.0 Å². The molecule has 0 spiro atoms. The fraction of sp³-hybridized carbons (Fsp3) is 0.0545. The molecule has 0 unspecified atom stereocenters. The van der Waals surface area contributed by atoms with Crippen molar-refractivity contribution in [3.05, 3.63) is 230 Å². The molecule has 0 saturated heterocycles. The van der Waals surface area contributed by atoms with Crippen molar-refractivity contribution in [1.82, 2.24) is 0 Å². The third-order valence-electron chi connectivity index (χ3n) is 10.6. The van der Waals surface area contributed by atoms with Crippen LogP contribution in [0.3, 0.4) is 0 Å². The fourth-order valence-corrected chi connectivity index (χ4v) is 16.4. The molecular weight excluding hydrogens is 1150 g/mol. The topological polar surface area (TPSA) is 26.3 Å². The van der Waals surface area contributed by atoms with E-state index in [1.54, 1.807) is 0 Å². The Labute approximate surface area is 392 Å². The summed E-state index contributed by atoms with van der Waals surface area (Å²) in [5.41, 5.74) is 4.60. The van der Waals surface area contributed by atoms with Gasteiger partial charge in [0.15, 0.2) is 4.90 Å². The number of hydrogen-bond donors (Lipinski definition) is 0. The minimum absolute atomic E-state index is 0. The van der Waals surface area contributed by atoms with Gasteiger partial charge in [0.2, 0.25) is 0 Å². The molecule has 8 aromatic carbocycles. The van der Waals surface area contributed by atoms with Crippen LogP contribution in [0.2, 0.25) is 0 Å². The van der Waals surface area contributed by atoms with Crippen molar-refractivity contribution in [3.63, 3.8) is 0 Å². The van der Waals surface area contributed by atoms with E-state index in [1.807, 2.05) is 84.9 Å². The molecule has 2 nitrogen and oxygen atoms in total. The van der Waals surface area contributed by atoms with Gasteiger partial charge in [-0.1, -0.05) is 145 Å². The first-order chi connectivity index (χ1) is 29.0. The van der Waals surface area contributed by atoms with Gasteiger partial charge in [0, 0.05) is 35.4 Å². The summed E-state index contributed by atoms with van der Waals surface area (Å²) < 4.78 is 11.4. The maximum atomic E-state index is 7.19. The molecule has 304 valence electrons. The number of fused-ring (bicyclic) bond motifs is 6. The molecule has 0 fully saturated rings. The van der Waals surface area contributed by atoms with Crippen LogP contribution in [0.5, 0.6) is 0 Å². The zero-order valence-corrected chi connectivity index (χ0v) is 39.9. The van der Waals surface area contributed by atoms with Crippen molar-refractivity contribution in [2.75, 3.05) is 0 Å². The molecular formula is C55H42Au2O2P2+2. The van der Waals surface area contributed by atoms with Crippen LogP contribution in [0.4, 0.5) is 0 Å². The standard InChI is InChI=1S/C27H26P2.2C14H7O.2Au/c1-27(2,28(23-15-7-3-8-16-23)24-17-9-4-10-18-24)29(25-19-11-5-12-20-25)26-21-13-6-14-22-26;2*1-2-10-6-5-8-12-11-7-3-4-9-13(11)15-14(10)12;;/h3-22H,1-2H3;2*3-9H;;/q;2*-1;2*+1/p+2. The maximum absolute atomic E-state index is 7.19. The van der Waals surface area contributed by atoms with E-state index in [0.717, 1.165) is 43.9 Å². The van der Waals surface area contributed by atoms with Crippen molar-refractivity contribution < 1.29 is 53.6 Å². The molecule has 2 heterocycles. The molecule has 0 amide bonds. The third-order valence-corrected chi connectivity index (χ3v) is 18.2. The van der Waals surface area contributed by atoms with Crippen LogP contribution in [0.25, 0.3) is 43.9 Å². The maximum Gasteiger partial charge on any atom is 1.00 e. The van der Waals surface area contributed by atoms with Gasteiger partial charge in [-0.15, -0.1) is 12.1 Å². The monoisotopic (exact) mass is 1190 g/mol. The van der Waals surface area contributed by atoms with Gasteiger partial charge < -0.3 is 21.7 Å². The molecule has 0 bridgehead atoms. The SMILES string of the molecule is CC(C)([PH+](c1ccccc1)c1ccccc1)[PH+](c1ccccc1)c1ccccc1.[Au+].[Au+].[C-]#Cc1cccc2c1oc1ccccc12.[C-]#Cc1cccc2c1oc1ccccc12.